The van der Waals surface area contributed by atoms with Crippen LogP contribution < -0.4 is 5.32 Å². The van der Waals surface area contributed by atoms with E-state index in [4.69, 9.17) is 10.4 Å². The van der Waals surface area contributed by atoms with Gasteiger partial charge in [0.15, 0.2) is 0 Å². The van der Waals surface area contributed by atoms with Crippen molar-refractivity contribution in [3.8, 4) is 6.07 Å². The molecule has 1 aromatic carbocycles. The van der Waals surface area contributed by atoms with Crippen LogP contribution in [0.25, 0.3) is 0 Å². The highest BCUT2D eigenvalue weighted by atomic mass is 16.4. The monoisotopic (exact) mass is 267 g/mol. The first-order valence-electron chi connectivity index (χ1n) is 5.61. The molecule has 0 atom stereocenters. The fourth-order valence-corrected chi connectivity index (χ4v) is 1.58. The van der Waals surface area contributed by atoms with Crippen LogP contribution in [-0.2, 0) is 0 Å². The first-order valence-corrected chi connectivity index (χ1v) is 5.61. The van der Waals surface area contributed by atoms with Gasteiger partial charge in [0.2, 0.25) is 0 Å². The van der Waals surface area contributed by atoms with E-state index in [9.17, 15) is 9.59 Å². The Morgan fingerprint density at radius 1 is 1.25 bits per heavy atom. The highest BCUT2D eigenvalue weighted by molar-refractivity contribution is 6.06. The number of anilines is 1. The highest BCUT2D eigenvalue weighted by Crippen LogP contribution is 2.18. The fourth-order valence-electron chi connectivity index (χ4n) is 1.58. The maximum absolute atomic E-state index is 11.9. The van der Waals surface area contributed by atoms with Crippen molar-refractivity contribution in [3.05, 3.63) is 59.4 Å². The highest BCUT2D eigenvalue weighted by Gasteiger charge is 2.14. The molecular weight excluding hydrogens is 258 g/mol. The van der Waals surface area contributed by atoms with Gasteiger partial charge >= 0.3 is 5.97 Å². The van der Waals surface area contributed by atoms with Crippen LogP contribution in [0.4, 0.5) is 5.69 Å². The number of nitrogens with one attached hydrogen (secondary N) is 1. The molecule has 2 rings (SSSR count). The molecule has 2 aromatic rings. The van der Waals surface area contributed by atoms with Crippen LogP contribution in [0.15, 0.2) is 42.6 Å². The van der Waals surface area contributed by atoms with Crippen LogP contribution in [0.1, 0.15) is 26.4 Å². The smallest absolute Gasteiger partial charge is 0.337 e. The Kier molecular flexibility index (Phi) is 3.72. The third-order valence-corrected chi connectivity index (χ3v) is 2.52. The molecule has 0 aliphatic heterocycles. The molecule has 6 heteroatoms. The molecule has 0 saturated heterocycles. The lowest BCUT2D eigenvalue weighted by Gasteiger charge is -2.08. The maximum atomic E-state index is 11.9. The van der Waals surface area contributed by atoms with Crippen molar-refractivity contribution in [2.24, 2.45) is 0 Å². The van der Waals surface area contributed by atoms with Crippen LogP contribution in [0.5, 0.6) is 0 Å². The number of nitriles is 1. The lowest BCUT2D eigenvalue weighted by Crippen LogP contribution is -2.16. The van der Waals surface area contributed by atoms with Crippen LogP contribution in [0.2, 0.25) is 0 Å². The summed E-state index contributed by atoms with van der Waals surface area (Å²) in [6.45, 7) is 0. The van der Waals surface area contributed by atoms with E-state index < -0.39 is 11.9 Å². The van der Waals surface area contributed by atoms with E-state index in [2.05, 4.69) is 10.3 Å². The molecule has 0 unspecified atom stereocenters. The second-order valence-electron chi connectivity index (χ2n) is 3.85. The van der Waals surface area contributed by atoms with Gasteiger partial charge in [-0.1, -0.05) is 6.07 Å². The Bertz CT molecular complexity index is 705. The Labute approximate surface area is 114 Å². The summed E-state index contributed by atoms with van der Waals surface area (Å²) in [5.74, 6) is -1.74. The van der Waals surface area contributed by atoms with Gasteiger partial charge < -0.3 is 10.4 Å². The lowest BCUT2D eigenvalue weighted by atomic mass is 10.1. The Balaban J connectivity index is 2.32. The third kappa shape index (κ3) is 2.79. The van der Waals surface area contributed by atoms with Crippen molar-refractivity contribution in [1.82, 2.24) is 4.98 Å². The number of benzene rings is 1. The van der Waals surface area contributed by atoms with E-state index in [-0.39, 0.29) is 22.5 Å². The molecule has 2 N–H and O–H groups in total. The number of carboxylic acids is 1. The molecular formula is C14H9N3O3. The van der Waals surface area contributed by atoms with Crippen molar-refractivity contribution in [2.45, 2.75) is 0 Å². The normalized spacial score (nSPS) is 9.55. The lowest BCUT2D eigenvalue weighted by molar-refractivity contribution is 0.0698. The molecule has 6 nitrogen and oxygen atoms in total. The number of carboxylic acid groups (broad SMARTS) is 1. The molecule has 1 heterocycles. The summed E-state index contributed by atoms with van der Waals surface area (Å²) in [7, 11) is 0. The van der Waals surface area contributed by atoms with E-state index in [0.717, 1.165) is 0 Å². The number of aromatic nitrogens is 1. The largest absolute Gasteiger partial charge is 0.478 e. The molecule has 0 fully saturated rings. The molecule has 1 amide bonds. The number of carbonyl (C=O) groups excluding carboxylic acids is 1. The fraction of sp³-hybridized carbons (Fsp3) is 0. The van der Waals surface area contributed by atoms with Gasteiger partial charge in [0, 0.05) is 6.20 Å². The number of aromatic carboxylic acids is 1. The second-order valence-corrected chi connectivity index (χ2v) is 3.85. The predicted octanol–water partition coefficient (Wildman–Crippen LogP) is 1.90. The zero-order valence-corrected chi connectivity index (χ0v) is 10.2. The number of nitrogens with zero attached hydrogens (tertiary/aromatic N) is 2. The van der Waals surface area contributed by atoms with Crippen LogP contribution in [-0.4, -0.2) is 22.0 Å². The Hall–Kier alpha value is -3.20. The first-order chi connectivity index (χ1) is 9.61. The molecule has 0 aliphatic rings. The molecule has 20 heavy (non-hydrogen) atoms. The number of amides is 1. The van der Waals surface area contributed by atoms with Gasteiger partial charge in [-0.3, -0.25) is 9.78 Å². The number of pyridine rings is 1. The zero-order valence-electron chi connectivity index (χ0n) is 10.2. The van der Waals surface area contributed by atoms with Crippen molar-refractivity contribution >= 4 is 17.6 Å². The Morgan fingerprint density at radius 2 is 2.05 bits per heavy atom. The second kappa shape index (κ2) is 5.63. The van der Waals surface area contributed by atoms with Gasteiger partial charge in [0.1, 0.15) is 5.69 Å². The van der Waals surface area contributed by atoms with E-state index >= 15 is 0 Å². The minimum absolute atomic E-state index is 0.118. The standard InChI is InChI=1S/C14H9N3O3/c15-8-9-4-5-11(10(7-9)14(19)20)17-13(18)12-3-1-2-6-16-12/h1-7H,(H,17,18)(H,19,20). The van der Waals surface area contributed by atoms with Crippen LogP contribution in [0, 0.1) is 11.3 Å². The summed E-state index contributed by atoms with van der Waals surface area (Å²) in [5, 5.41) is 20.3. The quantitative estimate of drug-likeness (QED) is 0.884. The van der Waals surface area contributed by atoms with Crippen molar-refractivity contribution in [2.75, 3.05) is 5.32 Å². The molecule has 0 bridgehead atoms. The van der Waals surface area contributed by atoms with E-state index in [1.54, 1.807) is 12.1 Å². The molecule has 98 valence electrons. The van der Waals surface area contributed by atoms with E-state index in [1.165, 1.54) is 30.5 Å². The summed E-state index contributed by atoms with van der Waals surface area (Å²) in [6.07, 6.45) is 1.46. The van der Waals surface area contributed by atoms with Gasteiger partial charge in [-0.15, -0.1) is 0 Å². The molecule has 0 spiro atoms. The average Bonchev–Trinajstić information content (AvgIpc) is 2.48. The number of rotatable bonds is 3. The number of carbonyl (C=O) groups is 2. The summed E-state index contributed by atoms with van der Waals surface area (Å²) in [4.78, 5) is 26.9. The van der Waals surface area contributed by atoms with Crippen molar-refractivity contribution < 1.29 is 14.7 Å². The van der Waals surface area contributed by atoms with Crippen molar-refractivity contribution in [1.29, 1.82) is 5.26 Å². The number of hydrogen-bond acceptors (Lipinski definition) is 4. The predicted molar refractivity (Wildman–Crippen MR) is 70.3 cm³/mol. The zero-order chi connectivity index (χ0) is 14.5. The maximum Gasteiger partial charge on any atom is 0.337 e. The van der Waals surface area contributed by atoms with E-state index in [0.29, 0.717) is 0 Å². The van der Waals surface area contributed by atoms with Crippen LogP contribution >= 0.6 is 0 Å². The Morgan fingerprint density at radius 3 is 2.65 bits per heavy atom. The minimum atomic E-state index is -1.22. The summed E-state index contributed by atoms with van der Waals surface area (Å²) in [6, 6.07) is 10.7. The molecule has 0 aliphatic carbocycles. The topological polar surface area (TPSA) is 103 Å². The molecule has 1 aromatic heterocycles. The third-order valence-electron chi connectivity index (χ3n) is 2.52. The SMILES string of the molecule is N#Cc1ccc(NC(=O)c2ccccn2)c(C(=O)O)c1. The van der Waals surface area contributed by atoms with Gasteiger partial charge in [0.05, 0.1) is 22.9 Å². The van der Waals surface area contributed by atoms with Gasteiger partial charge in [-0.2, -0.15) is 5.26 Å². The van der Waals surface area contributed by atoms with Gasteiger partial charge in [-0.25, -0.2) is 4.79 Å². The summed E-state index contributed by atoms with van der Waals surface area (Å²) < 4.78 is 0. The molecule has 0 radical (unpaired) electrons. The van der Waals surface area contributed by atoms with Gasteiger partial charge in [0.25, 0.3) is 5.91 Å². The van der Waals surface area contributed by atoms with Gasteiger partial charge in [-0.05, 0) is 30.3 Å². The minimum Gasteiger partial charge on any atom is -0.478 e. The average molecular weight is 267 g/mol. The first kappa shape index (κ1) is 13.2. The van der Waals surface area contributed by atoms with Crippen LogP contribution in [0.3, 0.4) is 0 Å². The van der Waals surface area contributed by atoms with E-state index in [1.807, 2.05) is 6.07 Å². The summed E-state index contributed by atoms with van der Waals surface area (Å²) in [5.41, 5.74) is 0.354. The number of hydrogen-bond donors (Lipinski definition) is 2. The van der Waals surface area contributed by atoms with Crippen molar-refractivity contribution in [3.63, 3.8) is 0 Å². The summed E-state index contributed by atoms with van der Waals surface area (Å²) >= 11 is 0. The molecule has 0 saturated carbocycles.